The highest BCUT2D eigenvalue weighted by atomic mass is 35.5. The van der Waals surface area contributed by atoms with E-state index in [-0.39, 0.29) is 11.9 Å². The average molecular weight is 314 g/mol. The molecular weight excluding hydrogens is 294 g/mol. The smallest absolute Gasteiger partial charge is 0.251 e. The Balaban J connectivity index is 2.17. The Morgan fingerprint density at radius 1 is 1.29 bits per heavy atom. The summed E-state index contributed by atoms with van der Waals surface area (Å²) in [7, 11) is 2.97. The van der Waals surface area contributed by atoms with Crippen molar-refractivity contribution in [1.82, 2.24) is 5.32 Å². The Labute approximate surface area is 129 Å². The molecule has 0 unspecified atom stereocenters. The molecule has 1 fully saturated rings. The summed E-state index contributed by atoms with van der Waals surface area (Å²) in [4.78, 5) is 12.3. The Bertz CT molecular complexity index is 521. The Morgan fingerprint density at radius 3 is 2.62 bits per heavy atom. The number of hydrogen-bond donors (Lipinski definition) is 2. The largest absolute Gasteiger partial charge is 0.493 e. The molecule has 0 heterocycles. The maximum Gasteiger partial charge on any atom is 0.251 e. The van der Waals surface area contributed by atoms with E-state index in [1.54, 1.807) is 6.07 Å². The molecule has 0 aliphatic heterocycles. The number of benzene rings is 1. The van der Waals surface area contributed by atoms with E-state index in [1.807, 2.05) is 0 Å². The van der Waals surface area contributed by atoms with Crippen molar-refractivity contribution in [2.75, 3.05) is 14.2 Å². The van der Waals surface area contributed by atoms with Crippen molar-refractivity contribution in [3.63, 3.8) is 0 Å². The summed E-state index contributed by atoms with van der Waals surface area (Å²) in [6.45, 7) is 0. The van der Waals surface area contributed by atoms with Gasteiger partial charge in [0.1, 0.15) is 0 Å². The molecule has 0 bridgehead atoms. The molecule has 0 radical (unpaired) electrons. The molecule has 2 atom stereocenters. The van der Waals surface area contributed by atoms with Crippen LogP contribution in [0.3, 0.4) is 0 Å². The number of nitrogens with one attached hydrogen (secondary N) is 1. The second-order valence-electron chi connectivity index (χ2n) is 5.13. The second kappa shape index (κ2) is 7.00. The van der Waals surface area contributed by atoms with Crippen molar-refractivity contribution in [2.24, 2.45) is 0 Å². The Hall–Kier alpha value is -1.46. The Morgan fingerprint density at radius 2 is 2.00 bits per heavy atom. The molecule has 0 aromatic heterocycles. The standard InChI is InChI=1S/C15H20ClNO4/c1-20-13-8-9(7-10(16)14(13)21-2)15(19)17-11-5-3-4-6-12(11)18/h7-8,11-12,18H,3-6H2,1-2H3,(H,17,19)/t11-,12-/m1/s1. The number of carbonyl (C=O) groups is 1. The molecule has 1 aromatic rings. The summed E-state index contributed by atoms with van der Waals surface area (Å²) in [5.74, 6) is 0.525. The summed E-state index contributed by atoms with van der Waals surface area (Å²) in [5, 5.41) is 13.1. The van der Waals surface area contributed by atoms with Gasteiger partial charge in [-0.3, -0.25) is 4.79 Å². The van der Waals surface area contributed by atoms with Crippen LogP contribution in [-0.2, 0) is 0 Å². The molecule has 1 saturated carbocycles. The zero-order valence-electron chi connectivity index (χ0n) is 12.2. The molecule has 2 rings (SSSR count). The van der Waals surface area contributed by atoms with E-state index in [9.17, 15) is 9.90 Å². The lowest BCUT2D eigenvalue weighted by atomic mass is 9.92. The van der Waals surface area contributed by atoms with Gasteiger partial charge in [-0.25, -0.2) is 0 Å². The zero-order chi connectivity index (χ0) is 15.4. The van der Waals surface area contributed by atoms with Crippen LogP contribution in [0.2, 0.25) is 5.02 Å². The lowest BCUT2D eigenvalue weighted by molar-refractivity contribution is 0.0717. The highest BCUT2D eigenvalue weighted by Crippen LogP contribution is 2.36. The summed E-state index contributed by atoms with van der Waals surface area (Å²) in [5.41, 5.74) is 0.385. The number of rotatable bonds is 4. The van der Waals surface area contributed by atoms with Gasteiger partial charge in [0.15, 0.2) is 11.5 Å². The van der Waals surface area contributed by atoms with Gasteiger partial charge in [-0.05, 0) is 25.0 Å². The van der Waals surface area contributed by atoms with E-state index < -0.39 is 6.10 Å². The fourth-order valence-electron chi connectivity index (χ4n) is 2.58. The highest BCUT2D eigenvalue weighted by Gasteiger charge is 2.25. The minimum Gasteiger partial charge on any atom is -0.493 e. The predicted molar refractivity (Wildman–Crippen MR) is 80.3 cm³/mol. The number of amides is 1. The topological polar surface area (TPSA) is 67.8 Å². The zero-order valence-corrected chi connectivity index (χ0v) is 12.9. The fourth-order valence-corrected chi connectivity index (χ4v) is 2.87. The van der Waals surface area contributed by atoms with Crippen molar-refractivity contribution in [1.29, 1.82) is 0 Å². The van der Waals surface area contributed by atoms with E-state index in [2.05, 4.69) is 5.32 Å². The van der Waals surface area contributed by atoms with Crippen LogP contribution in [0, 0.1) is 0 Å². The molecule has 21 heavy (non-hydrogen) atoms. The number of halogens is 1. The summed E-state index contributed by atoms with van der Waals surface area (Å²) >= 11 is 6.09. The first-order valence-corrected chi connectivity index (χ1v) is 7.35. The number of methoxy groups -OCH3 is 2. The fraction of sp³-hybridized carbons (Fsp3) is 0.533. The van der Waals surface area contributed by atoms with Crippen molar-refractivity contribution >= 4 is 17.5 Å². The van der Waals surface area contributed by atoms with E-state index in [1.165, 1.54) is 20.3 Å². The molecule has 1 aliphatic carbocycles. The maximum atomic E-state index is 12.3. The first-order valence-electron chi connectivity index (χ1n) is 6.97. The normalized spacial score (nSPS) is 21.7. The SMILES string of the molecule is COc1cc(C(=O)N[C@@H]2CCCC[C@H]2O)cc(Cl)c1OC. The van der Waals surface area contributed by atoms with Crippen molar-refractivity contribution < 1.29 is 19.4 Å². The maximum absolute atomic E-state index is 12.3. The van der Waals surface area contributed by atoms with Crippen LogP contribution in [0.25, 0.3) is 0 Å². The van der Waals surface area contributed by atoms with Gasteiger partial charge in [-0.15, -0.1) is 0 Å². The van der Waals surface area contributed by atoms with Crippen LogP contribution in [0.5, 0.6) is 11.5 Å². The summed E-state index contributed by atoms with van der Waals surface area (Å²) in [6, 6.07) is 2.90. The third-order valence-corrected chi connectivity index (χ3v) is 4.02. The number of aliphatic hydroxyl groups is 1. The van der Waals surface area contributed by atoms with Crippen LogP contribution in [0.4, 0.5) is 0 Å². The first-order chi connectivity index (χ1) is 10.1. The second-order valence-corrected chi connectivity index (χ2v) is 5.53. The van der Waals surface area contributed by atoms with Gasteiger partial charge in [-0.1, -0.05) is 24.4 Å². The van der Waals surface area contributed by atoms with E-state index in [0.29, 0.717) is 22.1 Å². The van der Waals surface area contributed by atoms with Crippen LogP contribution in [0.15, 0.2) is 12.1 Å². The molecular formula is C15H20ClNO4. The lowest BCUT2D eigenvalue weighted by Crippen LogP contribution is -2.45. The molecule has 1 amide bonds. The number of carbonyl (C=O) groups excluding carboxylic acids is 1. The Kier molecular flexibility index (Phi) is 5.31. The van der Waals surface area contributed by atoms with Crippen molar-refractivity contribution in [2.45, 2.75) is 37.8 Å². The van der Waals surface area contributed by atoms with Gasteiger partial charge in [0.05, 0.1) is 31.4 Å². The molecule has 0 spiro atoms. The molecule has 2 N–H and O–H groups in total. The molecule has 116 valence electrons. The van der Waals surface area contributed by atoms with Crippen LogP contribution in [-0.4, -0.2) is 37.4 Å². The van der Waals surface area contributed by atoms with E-state index >= 15 is 0 Å². The molecule has 0 saturated heterocycles. The van der Waals surface area contributed by atoms with Gasteiger partial charge in [0.25, 0.3) is 5.91 Å². The summed E-state index contributed by atoms with van der Waals surface area (Å²) in [6.07, 6.45) is 3.02. The number of ether oxygens (including phenoxy) is 2. The predicted octanol–water partition coefficient (Wildman–Crippen LogP) is 2.39. The average Bonchev–Trinajstić information content (AvgIpc) is 2.48. The van der Waals surface area contributed by atoms with Gasteiger partial charge in [0.2, 0.25) is 0 Å². The van der Waals surface area contributed by atoms with Crippen LogP contribution in [0.1, 0.15) is 36.0 Å². The van der Waals surface area contributed by atoms with Crippen molar-refractivity contribution in [3.8, 4) is 11.5 Å². The number of aliphatic hydroxyl groups excluding tert-OH is 1. The minimum atomic E-state index is -0.488. The van der Waals surface area contributed by atoms with Crippen LogP contribution >= 0.6 is 11.6 Å². The minimum absolute atomic E-state index is 0.210. The number of hydrogen-bond acceptors (Lipinski definition) is 4. The monoisotopic (exact) mass is 313 g/mol. The lowest BCUT2D eigenvalue weighted by Gasteiger charge is -2.28. The van der Waals surface area contributed by atoms with E-state index in [4.69, 9.17) is 21.1 Å². The van der Waals surface area contributed by atoms with Crippen LogP contribution < -0.4 is 14.8 Å². The summed E-state index contributed by atoms with van der Waals surface area (Å²) < 4.78 is 10.3. The van der Waals surface area contributed by atoms with E-state index in [0.717, 1.165) is 25.7 Å². The first kappa shape index (κ1) is 15.9. The molecule has 6 heteroatoms. The molecule has 1 aliphatic rings. The third kappa shape index (κ3) is 3.60. The third-order valence-electron chi connectivity index (χ3n) is 3.74. The molecule has 5 nitrogen and oxygen atoms in total. The van der Waals surface area contributed by atoms with Gasteiger partial charge < -0.3 is 19.9 Å². The van der Waals surface area contributed by atoms with Gasteiger partial charge >= 0.3 is 0 Å². The quantitative estimate of drug-likeness (QED) is 0.895. The van der Waals surface area contributed by atoms with Crippen molar-refractivity contribution in [3.05, 3.63) is 22.7 Å². The van der Waals surface area contributed by atoms with Gasteiger partial charge in [0, 0.05) is 5.56 Å². The highest BCUT2D eigenvalue weighted by molar-refractivity contribution is 6.32. The molecule has 1 aromatic carbocycles. The van der Waals surface area contributed by atoms with Gasteiger partial charge in [-0.2, -0.15) is 0 Å².